The molecule has 1 aliphatic heterocycles. The number of hydrogen-bond acceptors (Lipinski definition) is 5. The molecule has 0 saturated carbocycles. The van der Waals surface area contributed by atoms with Crippen molar-refractivity contribution in [1.82, 2.24) is 19.1 Å². The Hall–Kier alpha value is -2.54. The van der Waals surface area contributed by atoms with Gasteiger partial charge in [-0.3, -0.25) is 0 Å². The average Bonchev–Trinajstić information content (AvgIpc) is 3.21. The maximum atomic E-state index is 5.85. The van der Waals surface area contributed by atoms with Crippen LogP contribution in [0, 0.1) is 0 Å². The minimum atomic E-state index is 0.202. The van der Waals surface area contributed by atoms with Gasteiger partial charge in [0.2, 0.25) is 5.95 Å². The van der Waals surface area contributed by atoms with Gasteiger partial charge < -0.3 is 24.9 Å². The van der Waals surface area contributed by atoms with E-state index in [4.69, 9.17) is 10.5 Å². The van der Waals surface area contributed by atoms with E-state index in [1.807, 2.05) is 42.3 Å². The normalized spacial score (nSPS) is 21.5. The zero-order chi connectivity index (χ0) is 15.1. The van der Waals surface area contributed by atoms with Crippen molar-refractivity contribution in [2.75, 3.05) is 24.3 Å². The Labute approximate surface area is 127 Å². The van der Waals surface area contributed by atoms with Crippen molar-refractivity contribution in [3.05, 3.63) is 36.9 Å². The third kappa shape index (κ3) is 2.10. The lowest BCUT2D eigenvalue weighted by molar-refractivity contribution is 0.185. The molecule has 22 heavy (non-hydrogen) atoms. The average molecular weight is 298 g/mol. The number of nitrogen functional groups attached to an aromatic ring is 1. The smallest absolute Gasteiger partial charge is 0.200 e. The minimum absolute atomic E-state index is 0.202. The van der Waals surface area contributed by atoms with Crippen molar-refractivity contribution in [1.29, 1.82) is 0 Å². The van der Waals surface area contributed by atoms with Gasteiger partial charge in [-0.25, -0.2) is 9.97 Å². The summed E-state index contributed by atoms with van der Waals surface area (Å²) in [6.07, 6.45) is 5.59. The van der Waals surface area contributed by atoms with Crippen molar-refractivity contribution in [2.45, 2.75) is 12.1 Å². The first-order valence-corrected chi connectivity index (χ1v) is 7.26. The molecule has 7 nitrogen and oxygen atoms in total. The number of nitrogens with two attached hydrogens (primary N) is 1. The lowest BCUT2D eigenvalue weighted by atomic mass is 10.1. The van der Waals surface area contributed by atoms with E-state index >= 15 is 0 Å². The number of anilines is 2. The van der Waals surface area contributed by atoms with Crippen LogP contribution in [0.25, 0.3) is 11.0 Å². The van der Waals surface area contributed by atoms with E-state index in [9.17, 15) is 0 Å². The molecule has 2 unspecified atom stereocenters. The van der Waals surface area contributed by atoms with Crippen LogP contribution in [0.3, 0.4) is 0 Å². The first-order valence-electron chi connectivity index (χ1n) is 7.26. The van der Waals surface area contributed by atoms with E-state index in [2.05, 4.69) is 19.9 Å². The summed E-state index contributed by atoms with van der Waals surface area (Å²) in [5, 5.41) is 3.54. The number of ether oxygens (including phenoxy) is 1. The summed E-state index contributed by atoms with van der Waals surface area (Å²) >= 11 is 0. The summed E-state index contributed by atoms with van der Waals surface area (Å²) in [7, 11) is 1.91. The van der Waals surface area contributed by atoms with Crippen molar-refractivity contribution < 1.29 is 4.74 Å². The maximum Gasteiger partial charge on any atom is 0.200 e. The van der Waals surface area contributed by atoms with Gasteiger partial charge >= 0.3 is 0 Å². The molecule has 1 aliphatic rings. The number of hydrogen-bond donors (Lipinski definition) is 2. The molecule has 2 aromatic heterocycles. The van der Waals surface area contributed by atoms with Crippen LogP contribution in [0.4, 0.5) is 11.6 Å². The largest absolute Gasteiger partial charge is 0.378 e. The summed E-state index contributed by atoms with van der Waals surface area (Å²) in [4.78, 5) is 8.49. The highest BCUT2D eigenvalue weighted by Gasteiger charge is 2.29. The Morgan fingerprint density at radius 3 is 3.09 bits per heavy atom. The Morgan fingerprint density at radius 1 is 1.36 bits per heavy atom. The molecular formula is C15H18N6O. The van der Waals surface area contributed by atoms with Crippen LogP contribution >= 0.6 is 0 Å². The second-order valence-corrected chi connectivity index (χ2v) is 5.60. The summed E-state index contributed by atoms with van der Waals surface area (Å²) in [5.74, 6) is 0.521. The van der Waals surface area contributed by atoms with Crippen molar-refractivity contribution in [3.63, 3.8) is 0 Å². The summed E-state index contributed by atoms with van der Waals surface area (Å²) in [5.41, 5.74) is 8.79. The lowest BCUT2D eigenvalue weighted by Gasteiger charge is -2.21. The van der Waals surface area contributed by atoms with Crippen LogP contribution in [-0.2, 0) is 11.8 Å². The van der Waals surface area contributed by atoms with Crippen LogP contribution in [0.2, 0.25) is 0 Å². The molecule has 2 atom stereocenters. The molecule has 0 spiro atoms. The zero-order valence-electron chi connectivity index (χ0n) is 12.3. The summed E-state index contributed by atoms with van der Waals surface area (Å²) < 4.78 is 9.59. The number of rotatable bonds is 3. The second-order valence-electron chi connectivity index (χ2n) is 5.60. The first-order chi connectivity index (χ1) is 10.7. The molecular weight excluding hydrogens is 280 g/mol. The molecule has 3 aromatic rings. The van der Waals surface area contributed by atoms with Crippen molar-refractivity contribution in [2.24, 2.45) is 7.05 Å². The van der Waals surface area contributed by atoms with Gasteiger partial charge in [-0.1, -0.05) is 0 Å². The SMILES string of the molecule is Cn1c(N)nc2cc(NC3COCC3n3ccnc3)ccc21. The molecule has 4 rings (SSSR count). The topological polar surface area (TPSA) is 82.9 Å². The first kappa shape index (κ1) is 13.1. The highest BCUT2D eigenvalue weighted by Crippen LogP contribution is 2.26. The van der Waals surface area contributed by atoms with Crippen molar-refractivity contribution >= 4 is 22.7 Å². The Kier molecular flexibility index (Phi) is 3.00. The third-order valence-electron chi connectivity index (χ3n) is 4.23. The van der Waals surface area contributed by atoms with Gasteiger partial charge in [0.15, 0.2) is 0 Å². The molecule has 0 radical (unpaired) electrons. The number of fused-ring (bicyclic) bond motifs is 1. The number of aryl methyl sites for hydroxylation is 1. The van der Waals surface area contributed by atoms with Gasteiger partial charge in [-0.05, 0) is 18.2 Å². The standard InChI is InChI=1S/C15H18N6O/c1-20-13-3-2-10(6-11(13)19-15(20)16)18-12-7-22-8-14(12)21-5-4-17-9-21/h2-6,9,12,14,18H,7-8H2,1H3,(H2,16,19). The van der Waals surface area contributed by atoms with Crippen LogP contribution in [-0.4, -0.2) is 38.4 Å². The zero-order valence-corrected chi connectivity index (χ0v) is 12.3. The highest BCUT2D eigenvalue weighted by molar-refractivity contribution is 5.82. The van der Waals surface area contributed by atoms with Crippen LogP contribution in [0.1, 0.15) is 6.04 Å². The number of nitrogens with zero attached hydrogens (tertiary/aromatic N) is 4. The number of aromatic nitrogens is 4. The highest BCUT2D eigenvalue weighted by atomic mass is 16.5. The Balaban J connectivity index is 1.60. The predicted molar refractivity (Wildman–Crippen MR) is 84.6 cm³/mol. The Bertz CT molecular complexity index is 794. The van der Waals surface area contributed by atoms with Gasteiger partial charge in [-0.15, -0.1) is 0 Å². The third-order valence-corrected chi connectivity index (χ3v) is 4.23. The Morgan fingerprint density at radius 2 is 2.27 bits per heavy atom. The van der Waals surface area contributed by atoms with Gasteiger partial charge in [-0.2, -0.15) is 0 Å². The van der Waals surface area contributed by atoms with E-state index in [-0.39, 0.29) is 12.1 Å². The van der Waals surface area contributed by atoms with Gasteiger partial charge in [0.05, 0.1) is 42.7 Å². The second kappa shape index (κ2) is 5.03. The number of benzene rings is 1. The van der Waals surface area contributed by atoms with Crippen LogP contribution in [0.5, 0.6) is 0 Å². The molecule has 1 saturated heterocycles. The van der Waals surface area contributed by atoms with E-state index in [0.29, 0.717) is 19.2 Å². The molecule has 0 amide bonds. The molecule has 7 heteroatoms. The number of nitrogens with one attached hydrogen (secondary N) is 1. The quantitative estimate of drug-likeness (QED) is 0.764. The molecule has 114 valence electrons. The van der Waals surface area contributed by atoms with Gasteiger partial charge in [0.1, 0.15) is 0 Å². The fourth-order valence-corrected chi connectivity index (χ4v) is 2.96. The molecule has 3 heterocycles. The molecule has 1 fully saturated rings. The summed E-state index contributed by atoms with van der Waals surface area (Å²) in [6, 6.07) is 6.55. The van der Waals surface area contributed by atoms with E-state index in [0.717, 1.165) is 16.7 Å². The molecule has 0 aliphatic carbocycles. The molecule has 3 N–H and O–H groups in total. The fourth-order valence-electron chi connectivity index (χ4n) is 2.96. The van der Waals surface area contributed by atoms with Crippen LogP contribution < -0.4 is 11.1 Å². The summed E-state index contributed by atoms with van der Waals surface area (Å²) in [6.45, 7) is 1.36. The molecule has 0 bridgehead atoms. The van der Waals surface area contributed by atoms with E-state index < -0.39 is 0 Å². The number of imidazole rings is 2. The fraction of sp³-hybridized carbons (Fsp3) is 0.333. The van der Waals surface area contributed by atoms with Crippen LogP contribution in [0.15, 0.2) is 36.9 Å². The molecule has 1 aromatic carbocycles. The van der Waals surface area contributed by atoms with Gasteiger partial charge in [0, 0.05) is 25.1 Å². The monoisotopic (exact) mass is 298 g/mol. The maximum absolute atomic E-state index is 5.85. The van der Waals surface area contributed by atoms with Crippen molar-refractivity contribution in [3.8, 4) is 0 Å². The minimum Gasteiger partial charge on any atom is -0.378 e. The predicted octanol–water partition coefficient (Wildman–Crippen LogP) is 1.40. The lowest BCUT2D eigenvalue weighted by Crippen LogP contribution is -2.29. The van der Waals surface area contributed by atoms with E-state index in [1.165, 1.54) is 0 Å². The van der Waals surface area contributed by atoms with E-state index in [1.54, 1.807) is 6.20 Å². The van der Waals surface area contributed by atoms with Gasteiger partial charge in [0.25, 0.3) is 0 Å².